The van der Waals surface area contributed by atoms with Crippen LogP contribution in [-0.4, -0.2) is 26.9 Å². The van der Waals surface area contributed by atoms with Crippen molar-refractivity contribution < 1.29 is 22.0 Å². The highest BCUT2D eigenvalue weighted by Crippen LogP contribution is 2.38. The van der Waals surface area contributed by atoms with Crippen LogP contribution in [0.15, 0.2) is 18.3 Å². The number of rotatable bonds is 4. The molecule has 2 rings (SSSR count). The van der Waals surface area contributed by atoms with Crippen LogP contribution in [0.4, 0.5) is 22.0 Å². The topological polar surface area (TPSA) is 30.7 Å². The second-order valence-electron chi connectivity index (χ2n) is 4.35. The maximum absolute atomic E-state index is 12.9. The van der Waals surface area contributed by atoms with Gasteiger partial charge in [-0.25, -0.2) is 9.67 Å². The van der Waals surface area contributed by atoms with Gasteiger partial charge in [0, 0.05) is 24.5 Å². The zero-order chi connectivity index (χ0) is 15.0. The van der Waals surface area contributed by atoms with Crippen LogP contribution < -0.4 is 0 Å². The lowest BCUT2D eigenvalue weighted by Crippen LogP contribution is -2.37. The summed E-state index contributed by atoms with van der Waals surface area (Å²) in [6.45, 7) is 1.28. The summed E-state index contributed by atoms with van der Waals surface area (Å²) in [4.78, 5) is 3.99. The first-order valence-electron chi connectivity index (χ1n) is 6.01. The van der Waals surface area contributed by atoms with E-state index in [0.717, 1.165) is 4.68 Å². The van der Waals surface area contributed by atoms with Crippen LogP contribution in [0.2, 0.25) is 0 Å². The minimum atomic E-state index is -5.54. The van der Waals surface area contributed by atoms with E-state index in [1.165, 1.54) is 6.20 Å². The van der Waals surface area contributed by atoms with Crippen molar-refractivity contribution in [3.63, 3.8) is 0 Å². The van der Waals surface area contributed by atoms with Gasteiger partial charge >= 0.3 is 12.1 Å². The molecule has 2 aromatic rings. The average Bonchev–Trinajstić information content (AvgIpc) is 2.73. The molecule has 0 aliphatic heterocycles. The van der Waals surface area contributed by atoms with Gasteiger partial charge < -0.3 is 0 Å². The number of halogens is 5. The predicted octanol–water partition coefficient (Wildman–Crippen LogP) is 3.58. The van der Waals surface area contributed by atoms with Gasteiger partial charge in [-0.3, -0.25) is 0 Å². The summed E-state index contributed by atoms with van der Waals surface area (Å²) in [5.41, 5.74) is 0.950. The molecule has 0 atom stereocenters. The number of fused-ring (bicyclic) bond motifs is 1. The largest absolute Gasteiger partial charge is 0.453 e. The maximum Gasteiger partial charge on any atom is 0.453 e. The Morgan fingerprint density at radius 3 is 2.50 bits per heavy atom. The van der Waals surface area contributed by atoms with Gasteiger partial charge in [-0.05, 0) is 18.6 Å². The Morgan fingerprint density at radius 2 is 1.90 bits per heavy atom. The molecule has 0 aliphatic rings. The molecular weight excluding hydrogens is 281 g/mol. The van der Waals surface area contributed by atoms with Crippen molar-refractivity contribution in [1.82, 2.24) is 14.8 Å². The van der Waals surface area contributed by atoms with Crippen molar-refractivity contribution in [1.29, 1.82) is 0 Å². The Hall–Kier alpha value is -1.73. The third-order valence-electron chi connectivity index (χ3n) is 2.97. The lowest BCUT2D eigenvalue weighted by atomic mass is 10.2. The van der Waals surface area contributed by atoms with Crippen LogP contribution in [0, 0.1) is 0 Å². The molecule has 0 unspecified atom stereocenters. The highest BCUT2D eigenvalue weighted by molar-refractivity contribution is 5.78. The van der Waals surface area contributed by atoms with Crippen molar-refractivity contribution in [3.8, 4) is 0 Å². The molecule has 2 aromatic heterocycles. The van der Waals surface area contributed by atoms with E-state index in [2.05, 4.69) is 10.1 Å². The minimum Gasteiger partial charge on any atom is -0.247 e. The molecule has 0 aliphatic carbocycles. The number of pyridine rings is 1. The molecule has 8 heteroatoms. The Bertz CT molecular complexity index is 603. The molecule has 3 nitrogen and oxygen atoms in total. The van der Waals surface area contributed by atoms with Crippen molar-refractivity contribution in [2.45, 2.75) is 38.4 Å². The SMILES string of the molecule is CCc1nn(CCC(F)(F)C(F)(F)F)c2ncccc12. The number of hydrogen-bond donors (Lipinski definition) is 0. The highest BCUT2D eigenvalue weighted by Gasteiger charge is 2.56. The maximum atomic E-state index is 12.9. The molecule has 0 amide bonds. The minimum absolute atomic E-state index is 0.322. The summed E-state index contributed by atoms with van der Waals surface area (Å²) in [5, 5.41) is 4.72. The molecule has 0 bridgehead atoms. The van der Waals surface area contributed by atoms with Crippen molar-refractivity contribution >= 4 is 11.0 Å². The second-order valence-corrected chi connectivity index (χ2v) is 4.35. The third-order valence-corrected chi connectivity index (χ3v) is 2.97. The fourth-order valence-electron chi connectivity index (χ4n) is 1.88. The molecular formula is C12H12F5N3. The van der Waals surface area contributed by atoms with E-state index in [0.29, 0.717) is 23.1 Å². The standard InChI is InChI=1S/C12H12F5N3/c1-2-9-8-4-3-6-18-10(8)20(19-9)7-5-11(13,14)12(15,16)17/h3-4,6H,2,5,7H2,1H3. The molecule has 0 saturated carbocycles. The number of aromatic nitrogens is 3. The van der Waals surface area contributed by atoms with Gasteiger partial charge in [-0.15, -0.1) is 0 Å². The summed E-state index contributed by atoms with van der Waals surface area (Å²) in [7, 11) is 0. The lowest BCUT2D eigenvalue weighted by Gasteiger charge is -2.19. The third kappa shape index (κ3) is 2.59. The Labute approximate surface area is 111 Å². The molecule has 0 saturated heterocycles. The van der Waals surface area contributed by atoms with Gasteiger partial charge in [0.15, 0.2) is 5.65 Å². The molecule has 20 heavy (non-hydrogen) atoms. The zero-order valence-corrected chi connectivity index (χ0v) is 10.6. The van der Waals surface area contributed by atoms with Crippen LogP contribution in [0.25, 0.3) is 11.0 Å². The van der Waals surface area contributed by atoms with E-state index in [9.17, 15) is 22.0 Å². The molecule has 0 fully saturated rings. The Morgan fingerprint density at radius 1 is 1.20 bits per heavy atom. The monoisotopic (exact) mass is 293 g/mol. The molecule has 110 valence electrons. The van der Waals surface area contributed by atoms with Crippen LogP contribution >= 0.6 is 0 Å². The molecule has 0 aromatic carbocycles. The molecule has 0 N–H and O–H groups in total. The summed E-state index contributed by atoms with van der Waals surface area (Å²) in [5.74, 6) is -4.73. The van der Waals surface area contributed by atoms with Gasteiger partial charge in [0.05, 0.1) is 5.69 Å². The highest BCUT2D eigenvalue weighted by atomic mass is 19.4. The van der Waals surface area contributed by atoms with Crippen LogP contribution in [0.5, 0.6) is 0 Å². The zero-order valence-electron chi connectivity index (χ0n) is 10.6. The van der Waals surface area contributed by atoms with Gasteiger partial charge in [0.2, 0.25) is 0 Å². The van der Waals surface area contributed by atoms with Crippen molar-refractivity contribution in [3.05, 3.63) is 24.0 Å². The predicted molar refractivity (Wildman–Crippen MR) is 62.5 cm³/mol. The summed E-state index contributed by atoms with van der Waals surface area (Å²) < 4.78 is 63.3. The van der Waals surface area contributed by atoms with Crippen molar-refractivity contribution in [2.24, 2.45) is 0 Å². The van der Waals surface area contributed by atoms with Gasteiger partial charge in [-0.1, -0.05) is 6.92 Å². The molecule has 2 heterocycles. The van der Waals surface area contributed by atoms with Gasteiger partial charge in [-0.2, -0.15) is 27.1 Å². The van der Waals surface area contributed by atoms with E-state index >= 15 is 0 Å². The number of aryl methyl sites for hydroxylation is 2. The van der Waals surface area contributed by atoms with E-state index in [4.69, 9.17) is 0 Å². The smallest absolute Gasteiger partial charge is 0.247 e. The van der Waals surface area contributed by atoms with E-state index in [1.807, 2.05) is 6.92 Å². The quantitative estimate of drug-likeness (QED) is 0.807. The van der Waals surface area contributed by atoms with E-state index in [-0.39, 0.29) is 0 Å². The van der Waals surface area contributed by atoms with E-state index in [1.54, 1.807) is 12.1 Å². The molecule has 0 radical (unpaired) electrons. The number of hydrogen-bond acceptors (Lipinski definition) is 2. The Balaban J connectivity index is 2.27. The first-order valence-corrected chi connectivity index (χ1v) is 6.01. The fourth-order valence-corrected chi connectivity index (χ4v) is 1.88. The normalized spacial score (nSPS) is 13.1. The second kappa shape index (κ2) is 4.99. The van der Waals surface area contributed by atoms with Gasteiger partial charge in [0.25, 0.3) is 0 Å². The first-order chi connectivity index (χ1) is 9.26. The van der Waals surface area contributed by atoms with Crippen LogP contribution in [0.1, 0.15) is 19.0 Å². The van der Waals surface area contributed by atoms with Crippen LogP contribution in [0.3, 0.4) is 0 Å². The fraction of sp³-hybridized carbons (Fsp3) is 0.500. The van der Waals surface area contributed by atoms with Crippen LogP contribution in [-0.2, 0) is 13.0 Å². The Kier molecular flexibility index (Phi) is 3.66. The number of nitrogens with zero attached hydrogens (tertiary/aromatic N) is 3. The molecule has 0 spiro atoms. The van der Waals surface area contributed by atoms with Crippen molar-refractivity contribution in [2.75, 3.05) is 0 Å². The summed E-state index contributed by atoms with van der Waals surface area (Å²) >= 11 is 0. The lowest BCUT2D eigenvalue weighted by molar-refractivity contribution is -0.285. The van der Waals surface area contributed by atoms with Gasteiger partial charge in [0.1, 0.15) is 0 Å². The average molecular weight is 293 g/mol. The van der Waals surface area contributed by atoms with E-state index < -0.39 is 25.1 Å². The summed E-state index contributed by atoms with van der Waals surface area (Å²) in [6.07, 6.45) is -4.91. The first kappa shape index (κ1) is 14.7. The number of alkyl halides is 5. The summed E-state index contributed by atoms with van der Waals surface area (Å²) in [6, 6.07) is 3.38.